The van der Waals surface area contributed by atoms with Crippen LogP contribution in [0.3, 0.4) is 0 Å². The molecule has 1 aromatic heterocycles. The van der Waals surface area contributed by atoms with Crippen LogP contribution in [0.4, 0.5) is 4.39 Å². The first-order chi connectivity index (χ1) is 9.65. The van der Waals surface area contributed by atoms with Gasteiger partial charge in [-0.15, -0.1) is 0 Å². The lowest BCUT2D eigenvalue weighted by Crippen LogP contribution is -2.21. The Morgan fingerprint density at radius 1 is 1.20 bits per heavy atom. The van der Waals surface area contributed by atoms with E-state index < -0.39 is 0 Å². The number of nitrogens with zero attached hydrogens (tertiary/aromatic N) is 2. The van der Waals surface area contributed by atoms with Crippen molar-refractivity contribution in [2.75, 3.05) is 20.1 Å². The molecule has 1 fully saturated rings. The summed E-state index contributed by atoms with van der Waals surface area (Å²) in [5.41, 5.74) is 3.44. The highest BCUT2D eigenvalue weighted by Crippen LogP contribution is 2.48. The van der Waals surface area contributed by atoms with E-state index in [-0.39, 0.29) is 11.6 Å². The van der Waals surface area contributed by atoms with Crippen LogP contribution in [-0.4, -0.2) is 34.7 Å². The standard InChI is InChI=1S/C16H19FN2O/c1-18-5-4-13-15(10-2-3-10)12-8-11(17)9-14(20)16(12)19(13)7-6-18/h8-10,20H,2-7H2,1H3. The van der Waals surface area contributed by atoms with Crippen LogP contribution in [0.5, 0.6) is 5.75 Å². The van der Waals surface area contributed by atoms with Gasteiger partial charge in [0.1, 0.15) is 11.6 Å². The summed E-state index contributed by atoms with van der Waals surface area (Å²) >= 11 is 0. The largest absolute Gasteiger partial charge is 0.506 e. The van der Waals surface area contributed by atoms with Crippen molar-refractivity contribution in [3.63, 3.8) is 0 Å². The first kappa shape index (κ1) is 12.2. The molecular weight excluding hydrogens is 255 g/mol. The fourth-order valence-electron chi connectivity index (χ4n) is 3.53. The van der Waals surface area contributed by atoms with Crippen molar-refractivity contribution in [2.45, 2.75) is 31.7 Å². The maximum atomic E-state index is 13.7. The number of phenolic OH excluding ortho intramolecular Hbond substituents is 1. The van der Waals surface area contributed by atoms with Gasteiger partial charge in [-0.1, -0.05) is 0 Å². The van der Waals surface area contributed by atoms with Crippen LogP contribution in [0.15, 0.2) is 12.1 Å². The molecule has 1 saturated carbocycles. The second kappa shape index (κ2) is 4.22. The molecule has 0 amide bonds. The van der Waals surface area contributed by atoms with Gasteiger partial charge < -0.3 is 14.6 Å². The molecule has 0 spiro atoms. The van der Waals surface area contributed by atoms with Crippen LogP contribution in [0, 0.1) is 5.82 Å². The van der Waals surface area contributed by atoms with Gasteiger partial charge in [-0.25, -0.2) is 4.39 Å². The Hall–Kier alpha value is -1.55. The molecule has 2 aliphatic rings. The summed E-state index contributed by atoms with van der Waals surface area (Å²) in [5.74, 6) is 0.311. The summed E-state index contributed by atoms with van der Waals surface area (Å²) in [4.78, 5) is 2.32. The number of rotatable bonds is 1. The fourth-order valence-corrected chi connectivity index (χ4v) is 3.53. The van der Waals surface area contributed by atoms with Crippen molar-refractivity contribution in [3.05, 3.63) is 29.2 Å². The minimum atomic E-state index is -0.338. The molecule has 0 unspecified atom stereocenters. The number of fused-ring (bicyclic) bond motifs is 3. The number of benzene rings is 1. The van der Waals surface area contributed by atoms with E-state index in [4.69, 9.17) is 0 Å². The number of hydrogen-bond acceptors (Lipinski definition) is 2. The molecule has 1 aromatic carbocycles. The number of halogens is 1. The average Bonchev–Trinajstić information content (AvgIpc) is 3.18. The van der Waals surface area contributed by atoms with E-state index in [0.29, 0.717) is 5.92 Å². The van der Waals surface area contributed by atoms with E-state index in [1.54, 1.807) is 6.07 Å². The van der Waals surface area contributed by atoms with Crippen LogP contribution in [-0.2, 0) is 13.0 Å². The normalized spacial score (nSPS) is 20.1. The second-order valence-electron chi connectivity index (χ2n) is 6.16. The maximum Gasteiger partial charge on any atom is 0.142 e. The summed E-state index contributed by atoms with van der Waals surface area (Å²) in [6.07, 6.45) is 3.37. The molecule has 0 radical (unpaired) electrons. The molecule has 4 rings (SSSR count). The van der Waals surface area contributed by atoms with Crippen LogP contribution in [0.2, 0.25) is 0 Å². The molecule has 1 aliphatic heterocycles. The van der Waals surface area contributed by atoms with Crippen molar-refractivity contribution in [2.24, 2.45) is 0 Å². The highest BCUT2D eigenvalue weighted by molar-refractivity contribution is 5.91. The molecule has 2 heterocycles. The SMILES string of the molecule is CN1CCc2c(C3CC3)c3cc(F)cc(O)c3n2CC1. The zero-order chi connectivity index (χ0) is 13.9. The van der Waals surface area contributed by atoms with Gasteiger partial charge in [0.25, 0.3) is 0 Å². The molecule has 4 heteroatoms. The lowest BCUT2D eigenvalue weighted by Gasteiger charge is -2.12. The molecule has 20 heavy (non-hydrogen) atoms. The predicted molar refractivity (Wildman–Crippen MR) is 76.7 cm³/mol. The van der Waals surface area contributed by atoms with Crippen molar-refractivity contribution in [3.8, 4) is 5.75 Å². The van der Waals surface area contributed by atoms with Crippen molar-refractivity contribution >= 4 is 10.9 Å². The van der Waals surface area contributed by atoms with Gasteiger partial charge in [0, 0.05) is 43.2 Å². The van der Waals surface area contributed by atoms with Gasteiger partial charge in [0.2, 0.25) is 0 Å². The lowest BCUT2D eigenvalue weighted by atomic mass is 10.0. The van der Waals surface area contributed by atoms with E-state index in [1.807, 2.05) is 0 Å². The number of aromatic nitrogens is 1. The highest BCUT2D eigenvalue weighted by Gasteiger charge is 2.33. The van der Waals surface area contributed by atoms with Gasteiger partial charge in [-0.3, -0.25) is 0 Å². The second-order valence-corrected chi connectivity index (χ2v) is 6.16. The third-order valence-electron chi connectivity index (χ3n) is 4.67. The molecule has 1 N–H and O–H groups in total. The van der Waals surface area contributed by atoms with Crippen LogP contribution < -0.4 is 0 Å². The topological polar surface area (TPSA) is 28.4 Å². The van der Waals surface area contributed by atoms with Gasteiger partial charge in [-0.05, 0) is 37.4 Å². The molecule has 1 aliphatic carbocycles. The maximum absolute atomic E-state index is 13.7. The number of likely N-dealkylation sites (N-methyl/N-ethyl adjacent to an activating group) is 1. The summed E-state index contributed by atoms with van der Waals surface area (Å²) in [6, 6.07) is 2.84. The van der Waals surface area contributed by atoms with Gasteiger partial charge >= 0.3 is 0 Å². The Labute approximate surface area is 117 Å². The zero-order valence-electron chi connectivity index (χ0n) is 11.7. The van der Waals surface area contributed by atoms with Crippen molar-refractivity contribution in [1.29, 1.82) is 0 Å². The summed E-state index contributed by atoms with van der Waals surface area (Å²) in [7, 11) is 2.13. The summed E-state index contributed by atoms with van der Waals surface area (Å²) in [5, 5.41) is 11.1. The minimum absolute atomic E-state index is 0.0812. The third kappa shape index (κ3) is 1.74. The quantitative estimate of drug-likeness (QED) is 0.866. The minimum Gasteiger partial charge on any atom is -0.506 e. The third-order valence-corrected chi connectivity index (χ3v) is 4.67. The van der Waals surface area contributed by atoms with Gasteiger partial charge in [-0.2, -0.15) is 0 Å². The molecule has 0 atom stereocenters. The Bertz CT molecular complexity index is 688. The van der Waals surface area contributed by atoms with E-state index in [2.05, 4.69) is 16.5 Å². The highest BCUT2D eigenvalue weighted by atomic mass is 19.1. The lowest BCUT2D eigenvalue weighted by molar-refractivity contribution is 0.342. The summed E-state index contributed by atoms with van der Waals surface area (Å²) < 4.78 is 15.9. The monoisotopic (exact) mass is 274 g/mol. The van der Waals surface area contributed by atoms with E-state index in [1.165, 1.54) is 30.2 Å². The Balaban J connectivity index is 2.02. The molecule has 3 nitrogen and oxygen atoms in total. The molecular formula is C16H19FN2O. The van der Waals surface area contributed by atoms with Crippen molar-refractivity contribution in [1.82, 2.24) is 9.47 Å². The molecule has 0 saturated heterocycles. The molecule has 106 valence electrons. The van der Waals surface area contributed by atoms with Crippen molar-refractivity contribution < 1.29 is 9.50 Å². The zero-order valence-corrected chi connectivity index (χ0v) is 11.7. The first-order valence-electron chi connectivity index (χ1n) is 7.37. The molecule has 2 aromatic rings. The van der Waals surface area contributed by atoms with Gasteiger partial charge in [0.15, 0.2) is 0 Å². The average molecular weight is 274 g/mol. The Morgan fingerprint density at radius 3 is 2.75 bits per heavy atom. The van der Waals surface area contributed by atoms with Gasteiger partial charge in [0.05, 0.1) is 5.52 Å². The predicted octanol–water partition coefficient (Wildman–Crippen LogP) is 2.85. The fraction of sp³-hybridized carbons (Fsp3) is 0.500. The smallest absolute Gasteiger partial charge is 0.142 e. The summed E-state index contributed by atoms with van der Waals surface area (Å²) in [6.45, 7) is 2.87. The van der Waals surface area contributed by atoms with Crippen LogP contribution >= 0.6 is 0 Å². The number of hydrogen-bond donors (Lipinski definition) is 1. The van der Waals surface area contributed by atoms with Crippen LogP contribution in [0.25, 0.3) is 10.9 Å². The van der Waals surface area contributed by atoms with E-state index >= 15 is 0 Å². The van der Waals surface area contributed by atoms with E-state index in [9.17, 15) is 9.50 Å². The Morgan fingerprint density at radius 2 is 2.00 bits per heavy atom. The first-order valence-corrected chi connectivity index (χ1v) is 7.37. The number of phenols is 1. The Kier molecular flexibility index (Phi) is 2.58. The molecule has 0 bridgehead atoms. The van der Waals surface area contributed by atoms with Crippen LogP contribution in [0.1, 0.15) is 30.0 Å². The van der Waals surface area contributed by atoms with E-state index in [0.717, 1.165) is 37.0 Å². The number of aromatic hydroxyl groups is 1.